The highest BCUT2D eigenvalue weighted by Crippen LogP contribution is 2.53. The van der Waals surface area contributed by atoms with Crippen LogP contribution in [0.3, 0.4) is 0 Å². The summed E-state index contributed by atoms with van der Waals surface area (Å²) < 4.78 is 0. The summed E-state index contributed by atoms with van der Waals surface area (Å²) in [5, 5.41) is 47.7. The van der Waals surface area contributed by atoms with Gasteiger partial charge in [-0.1, -0.05) is 12.2 Å². The first-order valence-corrected chi connectivity index (χ1v) is 5.21. The maximum absolute atomic E-state index is 9.75. The van der Waals surface area contributed by atoms with Gasteiger partial charge in [-0.05, 0) is 0 Å². The highest BCUT2D eigenvalue weighted by molar-refractivity contribution is 5.87. The fourth-order valence-electron chi connectivity index (χ4n) is 1.79. The van der Waals surface area contributed by atoms with Crippen LogP contribution >= 0.6 is 0 Å². The molecule has 6 heteroatoms. The third-order valence-corrected chi connectivity index (χ3v) is 2.71. The SMILES string of the molecule is CN1C=C(c2c(O)c(O)c(O)c(O)c2O)C=CC1. The molecule has 0 saturated heterocycles. The fraction of sp³-hybridized carbons (Fsp3) is 0.167. The van der Waals surface area contributed by atoms with Gasteiger partial charge in [-0.3, -0.25) is 0 Å². The lowest BCUT2D eigenvalue weighted by atomic mass is 10.0. The normalized spacial score (nSPS) is 14.7. The zero-order chi connectivity index (χ0) is 13.4. The van der Waals surface area contributed by atoms with Crippen molar-refractivity contribution in [2.45, 2.75) is 0 Å². The van der Waals surface area contributed by atoms with Crippen molar-refractivity contribution < 1.29 is 25.5 Å². The van der Waals surface area contributed by atoms with E-state index in [0.717, 1.165) is 0 Å². The maximum Gasteiger partial charge on any atom is 0.208 e. The lowest BCUT2D eigenvalue weighted by molar-refractivity contribution is 0.327. The molecule has 0 amide bonds. The molecule has 1 aromatic rings. The largest absolute Gasteiger partial charge is 0.504 e. The average Bonchev–Trinajstić information content (AvgIpc) is 2.34. The third kappa shape index (κ3) is 1.67. The molecule has 5 N–H and O–H groups in total. The molecule has 0 saturated carbocycles. The van der Waals surface area contributed by atoms with E-state index in [1.807, 2.05) is 0 Å². The number of phenolic OH excluding ortho intramolecular Hbond substituents is 5. The molecule has 0 atom stereocenters. The van der Waals surface area contributed by atoms with Crippen LogP contribution in [0.15, 0.2) is 18.4 Å². The monoisotopic (exact) mass is 251 g/mol. The van der Waals surface area contributed by atoms with Gasteiger partial charge in [0.2, 0.25) is 17.2 Å². The Kier molecular flexibility index (Phi) is 2.70. The number of allylic oxidation sites excluding steroid dienone is 2. The van der Waals surface area contributed by atoms with Crippen LogP contribution in [0.4, 0.5) is 0 Å². The molecule has 0 spiro atoms. The Labute approximate surface area is 103 Å². The van der Waals surface area contributed by atoms with Gasteiger partial charge < -0.3 is 30.4 Å². The standard InChI is InChI=1S/C12H13NO5/c1-13-4-2-3-6(5-13)7-8(14)10(16)12(18)11(17)9(7)15/h2-3,5,14-18H,4H2,1H3. The highest BCUT2D eigenvalue weighted by Gasteiger charge is 2.25. The second-order valence-electron chi connectivity index (χ2n) is 4.04. The number of aromatic hydroxyl groups is 5. The molecule has 96 valence electrons. The number of nitrogens with zero attached hydrogens (tertiary/aromatic N) is 1. The molecule has 0 bridgehead atoms. The number of hydrogen-bond acceptors (Lipinski definition) is 6. The first kappa shape index (κ1) is 12.0. The summed E-state index contributed by atoms with van der Waals surface area (Å²) in [6.45, 7) is 0.668. The minimum atomic E-state index is -0.956. The summed E-state index contributed by atoms with van der Waals surface area (Å²) in [5.74, 6) is -4.07. The van der Waals surface area contributed by atoms with Crippen molar-refractivity contribution in [1.82, 2.24) is 4.90 Å². The summed E-state index contributed by atoms with van der Waals surface area (Å²) in [6.07, 6.45) is 5.05. The minimum Gasteiger partial charge on any atom is -0.504 e. The fourth-order valence-corrected chi connectivity index (χ4v) is 1.79. The van der Waals surface area contributed by atoms with Gasteiger partial charge in [-0.25, -0.2) is 0 Å². The van der Waals surface area contributed by atoms with Crippen molar-refractivity contribution in [2.75, 3.05) is 13.6 Å². The number of phenols is 5. The molecule has 0 fully saturated rings. The van der Waals surface area contributed by atoms with E-state index in [9.17, 15) is 25.5 Å². The van der Waals surface area contributed by atoms with Gasteiger partial charge in [0.1, 0.15) is 0 Å². The van der Waals surface area contributed by atoms with Crippen LogP contribution in [-0.2, 0) is 0 Å². The smallest absolute Gasteiger partial charge is 0.208 e. The van der Waals surface area contributed by atoms with Crippen molar-refractivity contribution in [2.24, 2.45) is 0 Å². The van der Waals surface area contributed by atoms with Crippen molar-refractivity contribution in [3.8, 4) is 28.7 Å². The number of benzene rings is 1. The van der Waals surface area contributed by atoms with E-state index in [1.165, 1.54) is 0 Å². The highest BCUT2D eigenvalue weighted by atomic mass is 16.4. The van der Waals surface area contributed by atoms with Crippen molar-refractivity contribution in [3.05, 3.63) is 23.9 Å². The molecular formula is C12H13NO5. The Bertz CT molecular complexity index is 533. The van der Waals surface area contributed by atoms with Crippen LogP contribution in [-0.4, -0.2) is 44.0 Å². The third-order valence-electron chi connectivity index (χ3n) is 2.71. The Balaban J connectivity index is 2.69. The van der Waals surface area contributed by atoms with E-state index in [4.69, 9.17) is 0 Å². The second kappa shape index (κ2) is 4.06. The first-order chi connectivity index (χ1) is 8.43. The summed E-state index contributed by atoms with van der Waals surface area (Å²) in [5.41, 5.74) is 0.273. The van der Waals surface area contributed by atoms with Crippen molar-refractivity contribution in [1.29, 1.82) is 0 Å². The lowest BCUT2D eigenvalue weighted by Crippen LogP contribution is -2.13. The molecule has 0 unspecified atom stereocenters. The molecule has 1 aliphatic rings. The van der Waals surface area contributed by atoms with Crippen LogP contribution in [0.2, 0.25) is 0 Å². The molecule has 1 aromatic carbocycles. The summed E-state index contributed by atoms with van der Waals surface area (Å²) in [4.78, 5) is 1.79. The van der Waals surface area contributed by atoms with Crippen LogP contribution in [0.5, 0.6) is 28.7 Å². The first-order valence-electron chi connectivity index (χ1n) is 5.21. The molecule has 18 heavy (non-hydrogen) atoms. The Morgan fingerprint density at radius 1 is 0.889 bits per heavy atom. The molecule has 1 heterocycles. The number of likely N-dealkylation sites (N-methyl/N-ethyl adjacent to an activating group) is 1. The van der Waals surface area contributed by atoms with E-state index in [1.54, 1.807) is 30.3 Å². The van der Waals surface area contributed by atoms with E-state index in [0.29, 0.717) is 12.1 Å². The molecule has 2 rings (SSSR count). The number of rotatable bonds is 1. The summed E-state index contributed by atoms with van der Waals surface area (Å²) in [6, 6.07) is 0. The van der Waals surface area contributed by atoms with Crippen molar-refractivity contribution in [3.63, 3.8) is 0 Å². The summed E-state index contributed by atoms with van der Waals surface area (Å²) >= 11 is 0. The second-order valence-corrected chi connectivity index (χ2v) is 4.04. The van der Waals surface area contributed by atoms with E-state index in [2.05, 4.69) is 0 Å². The molecule has 0 aromatic heterocycles. The molecular weight excluding hydrogens is 238 g/mol. The van der Waals surface area contributed by atoms with Crippen LogP contribution in [0.25, 0.3) is 5.57 Å². The van der Waals surface area contributed by atoms with Crippen LogP contribution in [0, 0.1) is 0 Å². The molecule has 0 radical (unpaired) electrons. The van der Waals surface area contributed by atoms with Gasteiger partial charge >= 0.3 is 0 Å². The van der Waals surface area contributed by atoms with E-state index >= 15 is 0 Å². The molecule has 6 nitrogen and oxygen atoms in total. The van der Waals surface area contributed by atoms with E-state index in [-0.39, 0.29) is 5.56 Å². The van der Waals surface area contributed by atoms with Crippen LogP contribution < -0.4 is 0 Å². The Morgan fingerprint density at radius 3 is 1.89 bits per heavy atom. The number of hydrogen-bond donors (Lipinski definition) is 5. The van der Waals surface area contributed by atoms with Gasteiger partial charge in [0.15, 0.2) is 11.5 Å². The van der Waals surface area contributed by atoms with Crippen LogP contribution in [0.1, 0.15) is 5.56 Å². The van der Waals surface area contributed by atoms with Gasteiger partial charge in [-0.15, -0.1) is 0 Å². The topological polar surface area (TPSA) is 104 Å². The lowest BCUT2D eigenvalue weighted by Gasteiger charge is -2.20. The molecule has 0 aliphatic carbocycles. The Hall–Kier alpha value is -2.50. The van der Waals surface area contributed by atoms with Gasteiger partial charge in [0.05, 0.1) is 5.56 Å². The minimum absolute atomic E-state index is 0.134. The van der Waals surface area contributed by atoms with Crippen molar-refractivity contribution >= 4 is 5.57 Å². The quantitative estimate of drug-likeness (QED) is 0.377. The zero-order valence-electron chi connectivity index (χ0n) is 9.62. The predicted molar refractivity (Wildman–Crippen MR) is 64.5 cm³/mol. The zero-order valence-corrected chi connectivity index (χ0v) is 9.62. The van der Waals surface area contributed by atoms with Gasteiger partial charge in [0.25, 0.3) is 0 Å². The Morgan fingerprint density at radius 2 is 1.39 bits per heavy atom. The predicted octanol–water partition coefficient (Wildman–Crippen LogP) is 1.06. The van der Waals surface area contributed by atoms with Gasteiger partial charge in [-0.2, -0.15) is 0 Å². The molecule has 1 aliphatic heterocycles. The van der Waals surface area contributed by atoms with Gasteiger partial charge in [0, 0.05) is 25.4 Å². The van der Waals surface area contributed by atoms with E-state index < -0.39 is 28.7 Å². The maximum atomic E-state index is 9.75. The average molecular weight is 251 g/mol. The summed E-state index contributed by atoms with van der Waals surface area (Å²) in [7, 11) is 1.79.